The number of rotatable bonds is 1. The predicted octanol–water partition coefficient (Wildman–Crippen LogP) is -0.359. The Morgan fingerprint density at radius 3 is 2.80 bits per heavy atom. The van der Waals surface area contributed by atoms with E-state index in [0.29, 0.717) is 0 Å². The lowest BCUT2D eigenvalue weighted by molar-refractivity contribution is -0.130. The van der Waals surface area contributed by atoms with Gasteiger partial charge < -0.3 is 10.2 Å². The van der Waals surface area contributed by atoms with Gasteiger partial charge in [-0.15, -0.1) is 0 Å². The van der Waals surface area contributed by atoms with E-state index in [-0.39, 0.29) is 11.9 Å². The third-order valence-corrected chi connectivity index (χ3v) is 1.65. The van der Waals surface area contributed by atoms with Crippen LogP contribution in [-0.4, -0.2) is 37.5 Å². The van der Waals surface area contributed by atoms with Crippen molar-refractivity contribution in [2.24, 2.45) is 0 Å². The first-order valence-electron chi connectivity index (χ1n) is 3.48. The van der Waals surface area contributed by atoms with Crippen LogP contribution in [-0.2, 0) is 4.79 Å². The van der Waals surface area contributed by atoms with Gasteiger partial charge in [-0.1, -0.05) is 0 Å². The summed E-state index contributed by atoms with van der Waals surface area (Å²) in [4.78, 5) is 12.8. The van der Waals surface area contributed by atoms with Crippen LogP contribution in [0.15, 0.2) is 0 Å². The molecule has 1 atom stereocenters. The Morgan fingerprint density at radius 2 is 2.40 bits per heavy atom. The molecule has 0 aromatic heterocycles. The molecule has 1 aliphatic heterocycles. The van der Waals surface area contributed by atoms with Gasteiger partial charge in [-0.3, -0.25) is 4.79 Å². The second-order valence-electron chi connectivity index (χ2n) is 2.72. The Balaban J connectivity index is 2.40. The molecule has 0 aromatic rings. The third kappa shape index (κ3) is 1.48. The van der Waals surface area contributed by atoms with Crippen molar-refractivity contribution in [1.82, 2.24) is 10.2 Å². The SMILES string of the molecule is CN(C)C(=O)[C@@H]1C[CH]CN1. The zero-order valence-corrected chi connectivity index (χ0v) is 6.42. The van der Waals surface area contributed by atoms with Crippen LogP contribution in [0.25, 0.3) is 0 Å². The molecule has 1 saturated heterocycles. The highest BCUT2D eigenvalue weighted by Crippen LogP contribution is 2.05. The summed E-state index contributed by atoms with van der Waals surface area (Å²) < 4.78 is 0. The number of hydrogen-bond acceptors (Lipinski definition) is 2. The quantitative estimate of drug-likeness (QED) is 0.541. The van der Waals surface area contributed by atoms with Gasteiger partial charge >= 0.3 is 0 Å². The van der Waals surface area contributed by atoms with E-state index in [2.05, 4.69) is 11.7 Å². The standard InChI is InChI=1S/C7H13N2O/c1-9(2)7(10)6-4-3-5-8-6/h3,6,8H,4-5H2,1-2H3/t6-/m0/s1. The van der Waals surface area contributed by atoms with Gasteiger partial charge in [0.05, 0.1) is 6.04 Å². The number of amides is 1. The van der Waals surface area contributed by atoms with E-state index in [4.69, 9.17) is 0 Å². The summed E-state index contributed by atoms with van der Waals surface area (Å²) in [5.74, 6) is 0.175. The van der Waals surface area contributed by atoms with Crippen molar-refractivity contribution >= 4 is 5.91 Å². The predicted molar refractivity (Wildman–Crippen MR) is 39.4 cm³/mol. The molecule has 0 bridgehead atoms. The number of nitrogens with one attached hydrogen (secondary N) is 1. The molecule has 1 N–H and O–H groups in total. The van der Waals surface area contributed by atoms with Crippen LogP contribution in [0.5, 0.6) is 0 Å². The molecule has 3 heteroatoms. The zero-order chi connectivity index (χ0) is 7.56. The number of hydrogen-bond donors (Lipinski definition) is 1. The molecule has 1 aliphatic rings. The van der Waals surface area contributed by atoms with Crippen LogP contribution in [0.1, 0.15) is 6.42 Å². The summed E-state index contributed by atoms with van der Waals surface area (Å²) >= 11 is 0. The minimum absolute atomic E-state index is 0.0370. The van der Waals surface area contributed by atoms with Crippen molar-refractivity contribution in [2.45, 2.75) is 12.5 Å². The van der Waals surface area contributed by atoms with Gasteiger partial charge in [-0.05, 0) is 19.4 Å². The van der Waals surface area contributed by atoms with Gasteiger partial charge in [0.15, 0.2) is 0 Å². The molecule has 10 heavy (non-hydrogen) atoms. The van der Waals surface area contributed by atoms with Crippen LogP contribution in [0.3, 0.4) is 0 Å². The summed E-state index contributed by atoms with van der Waals surface area (Å²) in [6.45, 7) is 0.865. The molecule has 1 heterocycles. The molecule has 1 rings (SSSR count). The zero-order valence-electron chi connectivity index (χ0n) is 6.42. The molecule has 57 valence electrons. The monoisotopic (exact) mass is 141 g/mol. The van der Waals surface area contributed by atoms with E-state index in [1.54, 1.807) is 19.0 Å². The van der Waals surface area contributed by atoms with Crippen molar-refractivity contribution in [3.8, 4) is 0 Å². The van der Waals surface area contributed by atoms with E-state index in [1.165, 1.54) is 0 Å². The van der Waals surface area contributed by atoms with Crippen LogP contribution in [0.4, 0.5) is 0 Å². The topological polar surface area (TPSA) is 32.3 Å². The summed E-state index contributed by atoms with van der Waals surface area (Å²) in [7, 11) is 3.56. The molecule has 1 radical (unpaired) electrons. The molecule has 0 spiro atoms. The summed E-state index contributed by atoms with van der Waals surface area (Å²) in [5, 5.41) is 3.09. The first-order chi connectivity index (χ1) is 4.72. The van der Waals surface area contributed by atoms with Crippen molar-refractivity contribution in [3.63, 3.8) is 0 Å². The van der Waals surface area contributed by atoms with Gasteiger partial charge in [0.1, 0.15) is 0 Å². The molecule has 0 saturated carbocycles. The second kappa shape index (κ2) is 3.01. The minimum atomic E-state index is 0.0370. The molecule has 0 aliphatic carbocycles. The van der Waals surface area contributed by atoms with Gasteiger partial charge in [-0.2, -0.15) is 0 Å². The molecule has 1 fully saturated rings. The Bertz CT molecular complexity index is 128. The van der Waals surface area contributed by atoms with Crippen LogP contribution < -0.4 is 5.32 Å². The Morgan fingerprint density at radius 1 is 1.70 bits per heavy atom. The van der Waals surface area contributed by atoms with Gasteiger partial charge in [0.2, 0.25) is 5.91 Å². The number of carbonyl (C=O) groups is 1. The van der Waals surface area contributed by atoms with E-state index in [9.17, 15) is 4.79 Å². The Labute approximate surface area is 61.4 Å². The van der Waals surface area contributed by atoms with Crippen LogP contribution in [0, 0.1) is 6.42 Å². The van der Waals surface area contributed by atoms with Gasteiger partial charge in [-0.25, -0.2) is 0 Å². The first kappa shape index (κ1) is 7.54. The fourth-order valence-electron chi connectivity index (χ4n) is 1.06. The second-order valence-corrected chi connectivity index (χ2v) is 2.72. The highest BCUT2D eigenvalue weighted by molar-refractivity contribution is 5.81. The summed E-state index contributed by atoms with van der Waals surface area (Å²) in [6.07, 6.45) is 2.96. The van der Waals surface area contributed by atoms with Gasteiger partial charge in [0.25, 0.3) is 0 Å². The minimum Gasteiger partial charge on any atom is -0.347 e. The number of carbonyl (C=O) groups excluding carboxylic acids is 1. The lowest BCUT2D eigenvalue weighted by Gasteiger charge is -2.15. The third-order valence-electron chi connectivity index (χ3n) is 1.65. The molecule has 3 nitrogen and oxygen atoms in total. The van der Waals surface area contributed by atoms with E-state index in [0.717, 1.165) is 13.0 Å². The summed E-state index contributed by atoms with van der Waals surface area (Å²) in [5.41, 5.74) is 0. The van der Waals surface area contributed by atoms with Crippen molar-refractivity contribution in [1.29, 1.82) is 0 Å². The molecule has 0 unspecified atom stereocenters. The molecule has 0 aromatic carbocycles. The first-order valence-corrected chi connectivity index (χ1v) is 3.48. The van der Waals surface area contributed by atoms with Crippen molar-refractivity contribution in [2.75, 3.05) is 20.6 Å². The van der Waals surface area contributed by atoms with E-state index < -0.39 is 0 Å². The fourth-order valence-corrected chi connectivity index (χ4v) is 1.06. The van der Waals surface area contributed by atoms with Gasteiger partial charge in [0, 0.05) is 14.1 Å². The normalized spacial score (nSPS) is 24.8. The Kier molecular flexibility index (Phi) is 2.27. The number of nitrogens with zero attached hydrogens (tertiary/aromatic N) is 1. The lowest BCUT2D eigenvalue weighted by atomic mass is 10.2. The average molecular weight is 141 g/mol. The highest BCUT2D eigenvalue weighted by Gasteiger charge is 2.22. The highest BCUT2D eigenvalue weighted by atomic mass is 16.2. The van der Waals surface area contributed by atoms with Crippen molar-refractivity contribution in [3.05, 3.63) is 6.42 Å². The molecule has 1 amide bonds. The summed E-state index contributed by atoms with van der Waals surface area (Å²) in [6, 6.07) is 0.0370. The Hall–Kier alpha value is -0.570. The maximum Gasteiger partial charge on any atom is 0.239 e. The van der Waals surface area contributed by atoms with Crippen LogP contribution in [0.2, 0.25) is 0 Å². The van der Waals surface area contributed by atoms with Crippen LogP contribution >= 0.6 is 0 Å². The molecular formula is C7H13N2O. The van der Waals surface area contributed by atoms with E-state index in [1.807, 2.05) is 0 Å². The number of likely N-dealkylation sites (N-methyl/N-ethyl adjacent to an activating group) is 1. The largest absolute Gasteiger partial charge is 0.347 e. The average Bonchev–Trinajstić information content (AvgIpc) is 2.36. The van der Waals surface area contributed by atoms with Crippen molar-refractivity contribution < 1.29 is 4.79 Å². The smallest absolute Gasteiger partial charge is 0.239 e. The lowest BCUT2D eigenvalue weighted by Crippen LogP contribution is -2.39. The van der Waals surface area contributed by atoms with E-state index >= 15 is 0 Å². The fraction of sp³-hybridized carbons (Fsp3) is 0.714. The maximum atomic E-state index is 11.2. The molecular weight excluding hydrogens is 128 g/mol. The maximum absolute atomic E-state index is 11.2.